The molecular formula is C28H23F3N2O3S2. The van der Waals surface area contributed by atoms with Gasteiger partial charge in [-0.05, 0) is 41.6 Å². The van der Waals surface area contributed by atoms with Gasteiger partial charge in [0.1, 0.15) is 9.71 Å². The molecule has 0 atom stereocenters. The monoisotopic (exact) mass is 556 g/mol. The number of aryl methyl sites for hydroxylation is 1. The third kappa shape index (κ3) is 4.41. The van der Waals surface area contributed by atoms with Gasteiger partial charge in [-0.2, -0.15) is 13.2 Å². The molecule has 0 saturated heterocycles. The van der Waals surface area contributed by atoms with Gasteiger partial charge in [0, 0.05) is 35.3 Å². The van der Waals surface area contributed by atoms with Crippen LogP contribution in [0.2, 0.25) is 0 Å². The maximum Gasteiger partial charge on any atom is 0.417 e. The molecule has 5 rings (SSSR count). The number of allylic oxidation sites excluding steroid dienone is 1. The molecule has 0 saturated carbocycles. The molecule has 5 nitrogen and oxygen atoms in total. The van der Waals surface area contributed by atoms with Crippen LogP contribution in [0.4, 0.5) is 18.9 Å². The van der Waals surface area contributed by atoms with Gasteiger partial charge in [0.2, 0.25) is 0 Å². The van der Waals surface area contributed by atoms with Crippen molar-refractivity contribution in [2.45, 2.75) is 32.4 Å². The summed E-state index contributed by atoms with van der Waals surface area (Å²) in [5.41, 5.74) is 1.87. The van der Waals surface area contributed by atoms with Crippen molar-refractivity contribution in [3.05, 3.63) is 81.2 Å². The highest BCUT2D eigenvalue weighted by Gasteiger charge is 2.39. The van der Waals surface area contributed by atoms with Crippen LogP contribution < -0.4 is 4.90 Å². The van der Waals surface area contributed by atoms with Gasteiger partial charge in [-0.3, -0.25) is 4.79 Å². The molecule has 0 radical (unpaired) electrons. The van der Waals surface area contributed by atoms with Crippen molar-refractivity contribution in [3.8, 4) is 10.6 Å². The second kappa shape index (κ2) is 9.36. The second-order valence-corrected chi connectivity index (χ2v) is 11.5. The lowest BCUT2D eigenvalue weighted by Gasteiger charge is -2.23. The van der Waals surface area contributed by atoms with Crippen LogP contribution >= 0.6 is 22.7 Å². The molecule has 10 heteroatoms. The molecule has 38 heavy (non-hydrogen) atoms. The van der Waals surface area contributed by atoms with Gasteiger partial charge >= 0.3 is 12.1 Å². The Balaban J connectivity index is 1.41. The lowest BCUT2D eigenvalue weighted by Crippen LogP contribution is -2.25. The Bertz CT molecular complexity index is 1600. The van der Waals surface area contributed by atoms with Crippen LogP contribution in [-0.4, -0.2) is 30.4 Å². The van der Waals surface area contributed by atoms with Crippen molar-refractivity contribution >= 4 is 50.3 Å². The van der Waals surface area contributed by atoms with Crippen LogP contribution in [0.3, 0.4) is 0 Å². The number of ether oxygens (including phenoxy) is 1. The summed E-state index contributed by atoms with van der Waals surface area (Å²) in [7, 11) is 1.87. The minimum Gasteiger partial charge on any atom is -0.453 e. The van der Waals surface area contributed by atoms with Crippen LogP contribution in [-0.2, 0) is 21.1 Å². The first-order valence-electron chi connectivity index (χ1n) is 11.7. The van der Waals surface area contributed by atoms with Gasteiger partial charge in [-0.15, -0.1) is 22.7 Å². The fourth-order valence-corrected chi connectivity index (χ4v) is 6.65. The van der Waals surface area contributed by atoms with Gasteiger partial charge in [-0.1, -0.05) is 38.1 Å². The van der Waals surface area contributed by atoms with Crippen LogP contribution in [0.5, 0.6) is 0 Å². The lowest BCUT2D eigenvalue weighted by molar-refractivity contribution is -0.136. The summed E-state index contributed by atoms with van der Waals surface area (Å²) >= 11 is 2.11. The number of thiophene rings is 2. The average molecular weight is 557 g/mol. The zero-order chi connectivity index (χ0) is 27.4. The Morgan fingerprint density at radius 1 is 1.16 bits per heavy atom. The van der Waals surface area contributed by atoms with Gasteiger partial charge in [0.05, 0.1) is 16.1 Å². The molecule has 3 aromatic heterocycles. The van der Waals surface area contributed by atoms with E-state index in [0.717, 1.165) is 34.4 Å². The number of alkyl halides is 3. The van der Waals surface area contributed by atoms with Gasteiger partial charge in [-0.25, -0.2) is 9.78 Å². The van der Waals surface area contributed by atoms with Crippen LogP contribution in [0, 0.1) is 6.92 Å². The normalized spacial score (nSPS) is 15.8. The number of carbonyl (C=O) groups excluding carboxylic acids is 2. The third-order valence-corrected chi connectivity index (χ3v) is 8.81. The molecule has 4 heterocycles. The van der Waals surface area contributed by atoms with E-state index >= 15 is 0 Å². The molecule has 0 N–H and O–H groups in total. The molecule has 1 aliphatic rings. The molecule has 0 bridgehead atoms. The number of hydrogen-bond donors (Lipinski definition) is 0. The summed E-state index contributed by atoms with van der Waals surface area (Å²) in [5, 5.41) is 1.63. The van der Waals surface area contributed by atoms with E-state index in [9.17, 15) is 22.8 Å². The van der Waals surface area contributed by atoms with Crippen molar-refractivity contribution in [2.24, 2.45) is 0 Å². The van der Waals surface area contributed by atoms with Crippen LogP contribution in [0.1, 0.15) is 40.2 Å². The minimum atomic E-state index is -4.64. The highest BCUT2D eigenvalue weighted by molar-refractivity contribution is 7.20. The molecule has 0 fully saturated rings. The maximum absolute atomic E-state index is 14.0. The Morgan fingerprint density at radius 3 is 2.55 bits per heavy atom. The largest absolute Gasteiger partial charge is 0.453 e. The summed E-state index contributed by atoms with van der Waals surface area (Å²) < 4.78 is 47.2. The number of fused-ring (bicyclic) bond motifs is 2. The summed E-state index contributed by atoms with van der Waals surface area (Å²) in [6, 6.07) is 12.3. The summed E-state index contributed by atoms with van der Waals surface area (Å²) in [6.45, 7) is 4.93. The molecule has 0 unspecified atom stereocenters. The first kappa shape index (κ1) is 26.1. The molecule has 1 aromatic carbocycles. The maximum atomic E-state index is 14.0. The Morgan fingerprint density at radius 2 is 1.89 bits per heavy atom. The van der Waals surface area contributed by atoms with E-state index in [-0.39, 0.29) is 26.4 Å². The molecular weight excluding hydrogens is 533 g/mol. The van der Waals surface area contributed by atoms with E-state index in [1.807, 2.05) is 50.1 Å². The van der Waals surface area contributed by atoms with E-state index in [0.29, 0.717) is 4.88 Å². The number of esters is 1. The predicted octanol–water partition coefficient (Wildman–Crippen LogP) is 7.39. The second-order valence-electron chi connectivity index (χ2n) is 9.54. The van der Waals surface area contributed by atoms with Crippen LogP contribution in [0.15, 0.2) is 59.6 Å². The molecule has 0 spiro atoms. The smallest absolute Gasteiger partial charge is 0.417 e. The Labute approximate surface area is 225 Å². The molecule has 4 aromatic rings. The summed E-state index contributed by atoms with van der Waals surface area (Å²) in [5.74, 6) is -1.28. The molecule has 0 amide bonds. The van der Waals surface area contributed by atoms with Crippen LogP contribution in [0.25, 0.3) is 20.8 Å². The first-order valence-corrected chi connectivity index (χ1v) is 13.4. The number of aromatic nitrogens is 1. The fourth-order valence-electron chi connectivity index (χ4n) is 4.87. The number of ketones is 1. The van der Waals surface area contributed by atoms with Crippen molar-refractivity contribution < 1.29 is 27.5 Å². The fraction of sp³-hybridized carbons (Fsp3) is 0.250. The molecule has 196 valence electrons. The lowest BCUT2D eigenvalue weighted by atomic mass is 9.83. The van der Waals surface area contributed by atoms with Crippen molar-refractivity contribution in [1.82, 2.24) is 4.98 Å². The number of benzene rings is 1. The highest BCUT2D eigenvalue weighted by Crippen LogP contribution is 2.46. The SMILES string of the molecule is Cc1c(C(=O)OCC(=O)C=C2N(C)c3ccccc3C2(C)C)sc2nc(-c3cccs3)cc(C(F)(F)F)c12. The van der Waals surface area contributed by atoms with Gasteiger partial charge in [0.25, 0.3) is 0 Å². The number of likely N-dealkylation sites (N-methyl/N-ethyl adjacent to an activating group) is 1. The molecule has 0 aliphatic carbocycles. The number of anilines is 1. The van der Waals surface area contributed by atoms with E-state index in [2.05, 4.69) is 4.98 Å². The minimum absolute atomic E-state index is 0.00694. The predicted molar refractivity (Wildman–Crippen MR) is 144 cm³/mol. The number of nitrogens with zero attached hydrogens (tertiary/aromatic N) is 2. The number of hydrogen-bond acceptors (Lipinski definition) is 7. The number of pyridine rings is 1. The van der Waals surface area contributed by atoms with E-state index in [1.54, 1.807) is 17.5 Å². The standard InChI is InChI=1S/C28H23F3N2O3S2/c1-15-23-18(28(29,30)31)13-19(21-10-7-11-37-21)32-25(23)38-24(15)26(35)36-14-16(34)12-22-27(2,3)17-8-5-6-9-20(17)33(22)4/h5-13H,14H2,1-4H3. The Kier molecular flexibility index (Phi) is 6.43. The average Bonchev–Trinajstić information content (AvgIpc) is 3.56. The molecule has 1 aliphatic heterocycles. The van der Waals surface area contributed by atoms with E-state index in [4.69, 9.17) is 4.74 Å². The number of para-hydroxylation sites is 1. The van der Waals surface area contributed by atoms with E-state index < -0.39 is 35.5 Å². The topological polar surface area (TPSA) is 59.5 Å². The quantitative estimate of drug-likeness (QED) is 0.190. The number of carbonyl (C=O) groups is 2. The van der Waals surface area contributed by atoms with Crippen molar-refractivity contribution in [2.75, 3.05) is 18.6 Å². The number of rotatable bonds is 5. The number of halogens is 3. The zero-order valence-corrected chi connectivity index (χ0v) is 22.6. The highest BCUT2D eigenvalue weighted by atomic mass is 32.1. The van der Waals surface area contributed by atoms with Crippen molar-refractivity contribution in [3.63, 3.8) is 0 Å². The summed E-state index contributed by atoms with van der Waals surface area (Å²) in [4.78, 5) is 32.7. The van der Waals surface area contributed by atoms with Crippen molar-refractivity contribution in [1.29, 1.82) is 0 Å². The summed E-state index contributed by atoms with van der Waals surface area (Å²) in [6.07, 6.45) is -3.18. The van der Waals surface area contributed by atoms with Gasteiger partial charge in [0.15, 0.2) is 12.4 Å². The zero-order valence-electron chi connectivity index (χ0n) is 21.0. The Hall–Kier alpha value is -3.50. The van der Waals surface area contributed by atoms with Gasteiger partial charge < -0.3 is 9.64 Å². The van der Waals surface area contributed by atoms with E-state index in [1.165, 1.54) is 24.3 Å². The first-order chi connectivity index (χ1) is 17.9. The third-order valence-electron chi connectivity index (χ3n) is 6.75.